The van der Waals surface area contributed by atoms with Gasteiger partial charge >= 0.3 is 0 Å². The van der Waals surface area contributed by atoms with Crippen molar-refractivity contribution in [2.24, 2.45) is 5.92 Å². The Hall–Kier alpha value is -2.24. The Kier molecular flexibility index (Phi) is 7.95. The first-order valence-corrected chi connectivity index (χ1v) is 9.86. The zero-order valence-corrected chi connectivity index (χ0v) is 16.9. The van der Waals surface area contributed by atoms with E-state index in [1.807, 2.05) is 18.7 Å². The largest absolute Gasteiger partial charge is 0.493 e. The molecule has 27 heavy (non-hydrogen) atoms. The SMILES string of the molecule is CCCCOc1ccc(C(=O)NC2CCN(C(=O)C(C)C)CC2)cc1OC. The maximum atomic E-state index is 12.6. The molecule has 1 N–H and O–H groups in total. The summed E-state index contributed by atoms with van der Waals surface area (Å²) in [5, 5.41) is 3.07. The van der Waals surface area contributed by atoms with Crippen molar-refractivity contribution in [2.45, 2.75) is 52.5 Å². The first-order valence-electron chi connectivity index (χ1n) is 9.86. The van der Waals surface area contributed by atoms with Crippen LogP contribution in [0.5, 0.6) is 11.5 Å². The summed E-state index contributed by atoms with van der Waals surface area (Å²) in [5.41, 5.74) is 0.551. The van der Waals surface area contributed by atoms with Gasteiger partial charge in [0.25, 0.3) is 5.91 Å². The number of amides is 2. The van der Waals surface area contributed by atoms with Crippen molar-refractivity contribution < 1.29 is 19.1 Å². The summed E-state index contributed by atoms with van der Waals surface area (Å²) < 4.78 is 11.1. The van der Waals surface area contributed by atoms with Crippen molar-refractivity contribution in [3.63, 3.8) is 0 Å². The molecule has 1 aliphatic rings. The van der Waals surface area contributed by atoms with E-state index < -0.39 is 0 Å². The number of unbranched alkanes of at least 4 members (excludes halogenated alkanes) is 1. The van der Waals surface area contributed by atoms with Crippen LogP contribution in [0.4, 0.5) is 0 Å². The number of piperidine rings is 1. The van der Waals surface area contributed by atoms with Crippen LogP contribution in [0.1, 0.15) is 56.8 Å². The van der Waals surface area contributed by atoms with E-state index in [9.17, 15) is 9.59 Å². The van der Waals surface area contributed by atoms with Crippen LogP contribution in [0, 0.1) is 5.92 Å². The number of benzene rings is 1. The van der Waals surface area contributed by atoms with Crippen LogP contribution in [-0.4, -0.2) is 49.6 Å². The lowest BCUT2D eigenvalue weighted by atomic mass is 10.0. The number of carbonyl (C=O) groups excluding carboxylic acids is 2. The second-order valence-electron chi connectivity index (χ2n) is 7.30. The summed E-state index contributed by atoms with van der Waals surface area (Å²) in [7, 11) is 1.57. The lowest BCUT2D eigenvalue weighted by Gasteiger charge is -2.33. The number of nitrogens with one attached hydrogen (secondary N) is 1. The zero-order chi connectivity index (χ0) is 19.8. The molecule has 150 valence electrons. The molecule has 0 unspecified atom stereocenters. The van der Waals surface area contributed by atoms with E-state index >= 15 is 0 Å². The molecule has 1 aromatic carbocycles. The van der Waals surface area contributed by atoms with Gasteiger partial charge in [-0.15, -0.1) is 0 Å². The van der Waals surface area contributed by atoms with Gasteiger partial charge in [0.2, 0.25) is 5.91 Å². The predicted octanol–water partition coefficient (Wildman–Crippen LogP) is 3.25. The molecule has 1 aromatic rings. The summed E-state index contributed by atoms with van der Waals surface area (Å²) in [4.78, 5) is 26.5. The van der Waals surface area contributed by atoms with Gasteiger partial charge in [-0.3, -0.25) is 9.59 Å². The summed E-state index contributed by atoms with van der Waals surface area (Å²) in [5.74, 6) is 1.30. The molecule has 1 heterocycles. The maximum Gasteiger partial charge on any atom is 0.251 e. The molecule has 6 nitrogen and oxygen atoms in total. The van der Waals surface area contributed by atoms with E-state index in [4.69, 9.17) is 9.47 Å². The van der Waals surface area contributed by atoms with Gasteiger partial charge in [0.05, 0.1) is 13.7 Å². The van der Waals surface area contributed by atoms with E-state index in [2.05, 4.69) is 12.2 Å². The van der Waals surface area contributed by atoms with Crippen LogP contribution < -0.4 is 14.8 Å². The minimum absolute atomic E-state index is 0.0154. The molecule has 6 heteroatoms. The highest BCUT2D eigenvalue weighted by molar-refractivity contribution is 5.95. The summed E-state index contributed by atoms with van der Waals surface area (Å²) in [6, 6.07) is 5.35. The molecule has 0 aromatic heterocycles. The van der Waals surface area contributed by atoms with Gasteiger partial charge in [-0.1, -0.05) is 27.2 Å². The Morgan fingerprint density at radius 1 is 1.22 bits per heavy atom. The molecule has 1 fully saturated rings. The van der Waals surface area contributed by atoms with Crippen molar-refractivity contribution in [3.05, 3.63) is 23.8 Å². The van der Waals surface area contributed by atoms with Crippen molar-refractivity contribution in [1.82, 2.24) is 10.2 Å². The van der Waals surface area contributed by atoms with Crippen molar-refractivity contribution in [1.29, 1.82) is 0 Å². The van der Waals surface area contributed by atoms with E-state index in [1.54, 1.807) is 25.3 Å². The average Bonchev–Trinajstić information content (AvgIpc) is 2.68. The van der Waals surface area contributed by atoms with Crippen LogP contribution in [0.2, 0.25) is 0 Å². The molecular formula is C21H32N2O4. The molecule has 2 rings (SSSR count). The van der Waals surface area contributed by atoms with Gasteiger partial charge in [-0.25, -0.2) is 0 Å². The highest BCUT2D eigenvalue weighted by atomic mass is 16.5. The first kappa shape index (κ1) is 21.1. The number of methoxy groups -OCH3 is 1. The van der Waals surface area contributed by atoms with Gasteiger partial charge in [-0.2, -0.15) is 0 Å². The first-order chi connectivity index (χ1) is 13.0. The molecule has 2 amide bonds. The maximum absolute atomic E-state index is 12.6. The quantitative estimate of drug-likeness (QED) is 0.707. The van der Waals surface area contributed by atoms with Crippen LogP contribution in [0.25, 0.3) is 0 Å². The second kappa shape index (κ2) is 10.2. The molecule has 0 aliphatic carbocycles. The number of ether oxygens (including phenoxy) is 2. The molecule has 0 radical (unpaired) electrons. The number of hydrogen-bond donors (Lipinski definition) is 1. The van der Waals surface area contributed by atoms with E-state index in [1.165, 1.54) is 0 Å². The number of hydrogen-bond acceptors (Lipinski definition) is 4. The average molecular weight is 376 g/mol. The fourth-order valence-electron chi connectivity index (χ4n) is 3.13. The van der Waals surface area contributed by atoms with Crippen LogP contribution in [0.3, 0.4) is 0 Å². The standard InChI is InChI=1S/C21H32N2O4/c1-5-6-13-27-18-8-7-16(14-19(18)26-4)20(24)22-17-9-11-23(12-10-17)21(25)15(2)3/h7-8,14-15,17H,5-6,9-13H2,1-4H3,(H,22,24). The number of nitrogens with zero attached hydrogens (tertiary/aromatic N) is 1. The summed E-state index contributed by atoms with van der Waals surface area (Å²) >= 11 is 0. The Morgan fingerprint density at radius 2 is 1.93 bits per heavy atom. The highest BCUT2D eigenvalue weighted by Crippen LogP contribution is 2.28. The molecule has 0 saturated carbocycles. The number of likely N-dealkylation sites (tertiary alicyclic amines) is 1. The normalized spacial score (nSPS) is 14.9. The van der Waals surface area contributed by atoms with Crippen molar-refractivity contribution in [3.8, 4) is 11.5 Å². The fourth-order valence-corrected chi connectivity index (χ4v) is 3.13. The van der Waals surface area contributed by atoms with Crippen LogP contribution in [-0.2, 0) is 4.79 Å². The summed E-state index contributed by atoms with van der Waals surface area (Å²) in [6.45, 7) is 7.95. The Labute approximate surface area is 162 Å². The minimum Gasteiger partial charge on any atom is -0.493 e. The fraction of sp³-hybridized carbons (Fsp3) is 0.619. The number of carbonyl (C=O) groups is 2. The topological polar surface area (TPSA) is 67.9 Å². The third-order valence-corrected chi connectivity index (χ3v) is 4.82. The molecule has 0 atom stereocenters. The van der Waals surface area contributed by atoms with Gasteiger partial charge < -0.3 is 19.7 Å². The van der Waals surface area contributed by atoms with Gasteiger partial charge in [0, 0.05) is 30.6 Å². The van der Waals surface area contributed by atoms with Crippen molar-refractivity contribution in [2.75, 3.05) is 26.8 Å². The highest BCUT2D eigenvalue weighted by Gasteiger charge is 2.25. The lowest BCUT2D eigenvalue weighted by molar-refractivity contribution is -0.135. The van der Waals surface area contributed by atoms with E-state index in [-0.39, 0.29) is 23.8 Å². The monoisotopic (exact) mass is 376 g/mol. The van der Waals surface area contributed by atoms with Crippen LogP contribution >= 0.6 is 0 Å². The minimum atomic E-state index is -0.123. The summed E-state index contributed by atoms with van der Waals surface area (Å²) in [6.07, 6.45) is 3.59. The predicted molar refractivity (Wildman–Crippen MR) is 105 cm³/mol. The molecular weight excluding hydrogens is 344 g/mol. The molecule has 1 saturated heterocycles. The lowest BCUT2D eigenvalue weighted by Crippen LogP contribution is -2.47. The number of rotatable bonds is 8. The van der Waals surface area contributed by atoms with Gasteiger partial charge in [0.1, 0.15) is 0 Å². The Bertz CT molecular complexity index is 637. The van der Waals surface area contributed by atoms with Gasteiger partial charge in [0.15, 0.2) is 11.5 Å². The molecule has 1 aliphatic heterocycles. The smallest absolute Gasteiger partial charge is 0.251 e. The third kappa shape index (κ3) is 5.88. The van der Waals surface area contributed by atoms with E-state index in [0.29, 0.717) is 36.8 Å². The van der Waals surface area contributed by atoms with Crippen molar-refractivity contribution >= 4 is 11.8 Å². The third-order valence-electron chi connectivity index (χ3n) is 4.82. The zero-order valence-electron chi connectivity index (χ0n) is 16.9. The molecule has 0 spiro atoms. The van der Waals surface area contributed by atoms with Crippen LogP contribution in [0.15, 0.2) is 18.2 Å². The van der Waals surface area contributed by atoms with Gasteiger partial charge in [-0.05, 0) is 37.5 Å². The Morgan fingerprint density at radius 3 is 2.52 bits per heavy atom. The second-order valence-corrected chi connectivity index (χ2v) is 7.30. The van der Waals surface area contributed by atoms with E-state index in [0.717, 1.165) is 25.7 Å². The Balaban J connectivity index is 1.91. The molecule has 0 bridgehead atoms.